The molecule has 1 aliphatic rings. The molecule has 1 N–H and O–H groups in total. The fourth-order valence-electron chi connectivity index (χ4n) is 2.87. The summed E-state index contributed by atoms with van der Waals surface area (Å²) in [4.78, 5) is 2.55. The van der Waals surface area contributed by atoms with E-state index >= 15 is 0 Å². The Morgan fingerprint density at radius 1 is 1.20 bits per heavy atom. The van der Waals surface area contributed by atoms with E-state index in [0.29, 0.717) is 12.6 Å². The first-order valence-corrected chi connectivity index (χ1v) is 7.55. The molecule has 2 rings (SSSR count). The molecular weight excluding hydrogens is 252 g/mol. The molecule has 0 saturated carbocycles. The highest BCUT2D eigenvalue weighted by Crippen LogP contribution is 2.33. The molecule has 1 heterocycles. The number of methoxy groups -OCH3 is 1. The zero-order valence-corrected chi connectivity index (χ0v) is 12.8. The first-order chi connectivity index (χ1) is 9.80. The van der Waals surface area contributed by atoms with Crippen molar-refractivity contribution in [1.82, 2.24) is 10.2 Å². The summed E-state index contributed by atoms with van der Waals surface area (Å²) in [5.41, 5.74) is 1.32. The highest BCUT2D eigenvalue weighted by Gasteiger charge is 2.21. The van der Waals surface area contributed by atoms with Gasteiger partial charge in [-0.25, -0.2) is 0 Å². The van der Waals surface area contributed by atoms with Crippen molar-refractivity contribution < 1.29 is 9.47 Å². The van der Waals surface area contributed by atoms with Crippen LogP contribution in [0.15, 0.2) is 18.2 Å². The standard InChI is InChI=1S/C16H26N2O2/c1-4-14(18-10-8-17-9-11-18)13-6-7-15(19-3)16(12-13)20-5-2/h6-7,12,14,17H,4-5,8-11H2,1-3H3. The van der Waals surface area contributed by atoms with Gasteiger partial charge in [-0.15, -0.1) is 0 Å². The third-order valence-corrected chi connectivity index (χ3v) is 3.85. The Morgan fingerprint density at radius 3 is 2.55 bits per heavy atom. The molecule has 0 bridgehead atoms. The van der Waals surface area contributed by atoms with Gasteiger partial charge >= 0.3 is 0 Å². The Hall–Kier alpha value is -1.26. The van der Waals surface area contributed by atoms with Crippen molar-refractivity contribution in [3.05, 3.63) is 23.8 Å². The fraction of sp³-hybridized carbons (Fsp3) is 0.625. The van der Waals surface area contributed by atoms with Crippen LogP contribution in [-0.4, -0.2) is 44.8 Å². The molecule has 1 atom stereocenters. The van der Waals surface area contributed by atoms with Crippen molar-refractivity contribution in [1.29, 1.82) is 0 Å². The Bertz CT molecular complexity index is 417. The molecule has 112 valence electrons. The molecule has 1 saturated heterocycles. The van der Waals surface area contributed by atoms with Gasteiger partial charge in [0.15, 0.2) is 11.5 Å². The summed E-state index contributed by atoms with van der Waals surface area (Å²) in [5, 5.41) is 3.41. The molecule has 0 radical (unpaired) electrons. The van der Waals surface area contributed by atoms with Crippen LogP contribution in [0.5, 0.6) is 11.5 Å². The second-order valence-corrected chi connectivity index (χ2v) is 5.05. The number of piperazine rings is 1. The van der Waals surface area contributed by atoms with Crippen LogP contribution in [0.2, 0.25) is 0 Å². The minimum absolute atomic E-state index is 0.460. The first-order valence-electron chi connectivity index (χ1n) is 7.55. The largest absolute Gasteiger partial charge is 0.493 e. The van der Waals surface area contributed by atoms with Gasteiger partial charge < -0.3 is 14.8 Å². The van der Waals surface area contributed by atoms with E-state index in [1.165, 1.54) is 5.56 Å². The summed E-state index contributed by atoms with van der Waals surface area (Å²) >= 11 is 0. The van der Waals surface area contributed by atoms with Crippen molar-refractivity contribution >= 4 is 0 Å². The number of hydrogen-bond acceptors (Lipinski definition) is 4. The van der Waals surface area contributed by atoms with Crippen LogP contribution in [0.3, 0.4) is 0 Å². The lowest BCUT2D eigenvalue weighted by molar-refractivity contribution is 0.169. The number of ether oxygens (including phenoxy) is 2. The van der Waals surface area contributed by atoms with Crippen LogP contribution in [0.4, 0.5) is 0 Å². The van der Waals surface area contributed by atoms with Gasteiger partial charge in [0.1, 0.15) is 0 Å². The summed E-state index contributed by atoms with van der Waals surface area (Å²) < 4.78 is 11.1. The number of hydrogen-bond donors (Lipinski definition) is 1. The number of benzene rings is 1. The van der Waals surface area contributed by atoms with Gasteiger partial charge in [-0.1, -0.05) is 13.0 Å². The van der Waals surface area contributed by atoms with Crippen LogP contribution in [0.25, 0.3) is 0 Å². The molecular formula is C16H26N2O2. The molecule has 1 fully saturated rings. The monoisotopic (exact) mass is 278 g/mol. The van der Waals surface area contributed by atoms with E-state index in [-0.39, 0.29) is 0 Å². The van der Waals surface area contributed by atoms with E-state index < -0.39 is 0 Å². The van der Waals surface area contributed by atoms with Crippen molar-refractivity contribution in [3.8, 4) is 11.5 Å². The third kappa shape index (κ3) is 3.44. The summed E-state index contributed by atoms with van der Waals surface area (Å²) in [5.74, 6) is 1.66. The summed E-state index contributed by atoms with van der Waals surface area (Å²) in [6, 6.07) is 6.78. The average Bonchev–Trinajstić information content (AvgIpc) is 2.50. The molecule has 1 aliphatic heterocycles. The lowest BCUT2D eigenvalue weighted by Crippen LogP contribution is -2.45. The predicted molar refractivity (Wildman–Crippen MR) is 81.6 cm³/mol. The zero-order valence-electron chi connectivity index (χ0n) is 12.8. The smallest absolute Gasteiger partial charge is 0.161 e. The van der Waals surface area contributed by atoms with Gasteiger partial charge in [0.2, 0.25) is 0 Å². The molecule has 0 aliphatic carbocycles. The molecule has 0 amide bonds. The van der Waals surface area contributed by atoms with Gasteiger partial charge in [-0.2, -0.15) is 0 Å². The summed E-state index contributed by atoms with van der Waals surface area (Å²) in [7, 11) is 1.69. The minimum Gasteiger partial charge on any atom is -0.493 e. The third-order valence-electron chi connectivity index (χ3n) is 3.85. The Kier molecular flexibility index (Phi) is 5.68. The maximum absolute atomic E-state index is 5.69. The molecule has 0 spiro atoms. The van der Waals surface area contributed by atoms with Gasteiger partial charge in [-0.3, -0.25) is 4.90 Å². The number of rotatable bonds is 6. The topological polar surface area (TPSA) is 33.7 Å². The lowest BCUT2D eigenvalue weighted by atomic mass is 10.0. The van der Waals surface area contributed by atoms with E-state index in [2.05, 4.69) is 29.3 Å². The molecule has 4 nitrogen and oxygen atoms in total. The number of nitrogens with one attached hydrogen (secondary N) is 1. The average molecular weight is 278 g/mol. The van der Waals surface area contributed by atoms with E-state index in [4.69, 9.17) is 9.47 Å². The lowest BCUT2D eigenvalue weighted by Gasteiger charge is -2.35. The van der Waals surface area contributed by atoms with Gasteiger partial charge in [-0.05, 0) is 31.0 Å². The van der Waals surface area contributed by atoms with E-state index in [9.17, 15) is 0 Å². The second kappa shape index (κ2) is 7.50. The van der Waals surface area contributed by atoms with E-state index in [0.717, 1.165) is 44.1 Å². The molecule has 1 aromatic carbocycles. The van der Waals surface area contributed by atoms with Gasteiger partial charge in [0.25, 0.3) is 0 Å². The maximum atomic E-state index is 5.69. The van der Waals surface area contributed by atoms with Crippen molar-refractivity contribution in [2.75, 3.05) is 39.9 Å². The highest BCUT2D eigenvalue weighted by molar-refractivity contribution is 5.44. The van der Waals surface area contributed by atoms with Gasteiger partial charge in [0, 0.05) is 32.2 Å². The predicted octanol–water partition coefficient (Wildman–Crippen LogP) is 2.45. The first kappa shape index (κ1) is 15.1. The minimum atomic E-state index is 0.460. The Balaban J connectivity index is 2.22. The molecule has 0 aromatic heterocycles. The Morgan fingerprint density at radius 2 is 1.95 bits per heavy atom. The number of nitrogens with zero attached hydrogens (tertiary/aromatic N) is 1. The van der Waals surface area contributed by atoms with Crippen molar-refractivity contribution in [2.45, 2.75) is 26.3 Å². The van der Waals surface area contributed by atoms with Crippen LogP contribution < -0.4 is 14.8 Å². The van der Waals surface area contributed by atoms with Crippen molar-refractivity contribution in [3.63, 3.8) is 0 Å². The quantitative estimate of drug-likeness (QED) is 0.866. The van der Waals surface area contributed by atoms with Crippen molar-refractivity contribution in [2.24, 2.45) is 0 Å². The summed E-state index contributed by atoms with van der Waals surface area (Å²) in [6.07, 6.45) is 1.11. The van der Waals surface area contributed by atoms with E-state index in [1.807, 2.05) is 13.0 Å². The van der Waals surface area contributed by atoms with Crippen LogP contribution in [0.1, 0.15) is 31.9 Å². The molecule has 20 heavy (non-hydrogen) atoms. The molecule has 4 heteroatoms. The highest BCUT2D eigenvalue weighted by atomic mass is 16.5. The Labute approximate surface area is 122 Å². The van der Waals surface area contributed by atoms with Gasteiger partial charge in [0.05, 0.1) is 13.7 Å². The maximum Gasteiger partial charge on any atom is 0.161 e. The summed E-state index contributed by atoms with van der Waals surface area (Å²) in [6.45, 7) is 9.26. The normalized spacial score (nSPS) is 17.8. The van der Waals surface area contributed by atoms with E-state index in [1.54, 1.807) is 7.11 Å². The molecule has 1 aromatic rings. The zero-order chi connectivity index (χ0) is 14.4. The van der Waals surface area contributed by atoms with Crippen LogP contribution in [-0.2, 0) is 0 Å². The second-order valence-electron chi connectivity index (χ2n) is 5.05. The fourth-order valence-corrected chi connectivity index (χ4v) is 2.87. The van der Waals surface area contributed by atoms with Crippen LogP contribution >= 0.6 is 0 Å². The SMILES string of the molecule is CCOc1cc(C(CC)N2CCNCC2)ccc1OC. The molecule has 1 unspecified atom stereocenters. The van der Waals surface area contributed by atoms with Crippen LogP contribution in [0, 0.1) is 0 Å².